The molecule has 2 aromatic carbocycles. The van der Waals surface area contributed by atoms with E-state index in [0.717, 1.165) is 22.3 Å². The number of aromatic carboxylic acids is 1. The second-order valence-corrected chi connectivity index (χ2v) is 4.66. The molecule has 0 radical (unpaired) electrons. The number of aryl methyl sites for hydroxylation is 1. The van der Waals surface area contributed by atoms with Crippen molar-refractivity contribution in [1.29, 1.82) is 0 Å². The quantitative estimate of drug-likeness (QED) is 0.795. The maximum Gasteiger partial charge on any atom is 0.335 e. The van der Waals surface area contributed by atoms with Gasteiger partial charge in [-0.15, -0.1) is 10.2 Å². The van der Waals surface area contributed by atoms with Gasteiger partial charge in [-0.3, -0.25) is 0 Å². The maximum absolute atomic E-state index is 10.9. The van der Waals surface area contributed by atoms with E-state index < -0.39 is 5.97 Å². The van der Waals surface area contributed by atoms with Gasteiger partial charge in [0.1, 0.15) is 0 Å². The molecular weight excluding hydrogens is 268 g/mol. The molecule has 1 aromatic heterocycles. The fourth-order valence-electron chi connectivity index (χ4n) is 2.16. The van der Waals surface area contributed by atoms with Crippen LogP contribution < -0.4 is 0 Å². The zero-order valence-electron chi connectivity index (χ0n) is 11.3. The highest BCUT2D eigenvalue weighted by Gasteiger charge is 2.09. The predicted molar refractivity (Wildman–Crippen MR) is 76.9 cm³/mol. The Morgan fingerprint density at radius 1 is 1.10 bits per heavy atom. The van der Waals surface area contributed by atoms with Crippen LogP contribution in [0, 0.1) is 6.92 Å². The van der Waals surface area contributed by atoms with Crippen LogP contribution in [0.25, 0.3) is 22.6 Å². The third kappa shape index (κ3) is 2.53. The number of rotatable bonds is 3. The summed E-state index contributed by atoms with van der Waals surface area (Å²) in [4.78, 5) is 10.9. The molecule has 5 heteroatoms. The first-order chi connectivity index (χ1) is 10.1. The zero-order valence-corrected chi connectivity index (χ0v) is 11.3. The number of carbonyl (C=O) groups is 1. The molecule has 0 bridgehead atoms. The first kappa shape index (κ1) is 13.1. The van der Waals surface area contributed by atoms with E-state index in [0.29, 0.717) is 5.89 Å². The van der Waals surface area contributed by atoms with Gasteiger partial charge >= 0.3 is 5.97 Å². The average molecular weight is 280 g/mol. The number of carboxylic acid groups (broad SMARTS) is 1. The summed E-state index contributed by atoms with van der Waals surface area (Å²) >= 11 is 0. The second kappa shape index (κ2) is 5.20. The van der Waals surface area contributed by atoms with Crippen LogP contribution >= 0.6 is 0 Å². The molecule has 3 aromatic rings. The molecule has 0 unspecified atom stereocenters. The van der Waals surface area contributed by atoms with E-state index in [1.165, 1.54) is 6.39 Å². The SMILES string of the molecule is Cc1ccc(-c2nnco2)cc1-c1ccc(C(=O)O)cc1. The summed E-state index contributed by atoms with van der Waals surface area (Å²) in [5.41, 5.74) is 4.13. The zero-order chi connectivity index (χ0) is 14.8. The monoisotopic (exact) mass is 280 g/mol. The van der Waals surface area contributed by atoms with Crippen molar-refractivity contribution in [3.63, 3.8) is 0 Å². The number of nitrogens with zero attached hydrogens (tertiary/aromatic N) is 2. The Kier molecular flexibility index (Phi) is 3.23. The topological polar surface area (TPSA) is 76.2 Å². The number of aromatic nitrogens is 2. The minimum Gasteiger partial charge on any atom is -0.478 e. The van der Waals surface area contributed by atoms with Crippen molar-refractivity contribution in [2.45, 2.75) is 6.92 Å². The van der Waals surface area contributed by atoms with Gasteiger partial charge in [-0.05, 0) is 47.9 Å². The Labute approximate surface area is 120 Å². The Hall–Kier alpha value is -2.95. The van der Waals surface area contributed by atoms with Crippen LogP contribution in [0.5, 0.6) is 0 Å². The fraction of sp³-hybridized carbons (Fsp3) is 0.0625. The van der Waals surface area contributed by atoms with Crippen molar-refractivity contribution >= 4 is 5.97 Å². The molecule has 3 rings (SSSR count). The lowest BCUT2D eigenvalue weighted by molar-refractivity contribution is 0.0697. The lowest BCUT2D eigenvalue weighted by Crippen LogP contribution is -1.95. The van der Waals surface area contributed by atoms with Crippen LogP contribution in [-0.4, -0.2) is 21.3 Å². The van der Waals surface area contributed by atoms with Gasteiger partial charge in [-0.1, -0.05) is 18.2 Å². The summed E-state index contributed by atoms with van der Waals surface area (Å²) in [6.07, 6.45) is 1.29. The Bertz CT molecular complexity index is 778. The summed E-state index contributed by atoms with van der Waals surface area (Å²) in [6.45, 7) is 2.00. The molecule has 21 heavy (non-hydrogen) atoms. The van der Waals surface area contributed by atoms with E-state index in [2.05, 4.69) is 10.2 Å². The molecule has 1 heterocycles. The van der Waals surface area contributed by atoms with Crippen molar-refractivity contribution < 1.29 is 14.3 Å². The van der Waals surface area contributed by atoms with Gasteiger partial charge in [0.25, 0.3) is 0 Å². The molecule has 0 atom stereocenters. The van der Waals surface area contributed by atoms with Crippen LogP contribution in [0.4, 0.5) is 0 Å². The van der Waals surface area contributed by atoms with Crippen molar-refractivity contribution in [3.05, 3.63) is 60.0 Å². The smallest absolute Gasteiger partial charge is 0.335 e. The van der Waals surface area contributed by atoms with Gasteiger partial charge in [0.2, 0.25) is 12.3 Å². The standard InChI is InChI=1S/C16H12N2O3/c1-10-2-3-13(15-18-17-9-21-15)8-14(10)11-4-6-12(7-5-11)16(19)20/h2-9H,1H3,(H,19,20). The number of hydrogen-bond acceptors (Lipinski definition) is 4. The molecule has 5 nitrogen and oxygen atoms in total. The first-order valence-corrected chi connectivity index (χ1v) is 6.36. The van der Waals surface area contributed by atoms with E-state index in [1.807, 2.05) is 25.1 Å². The van der Waals surface area contributed by atoms with Gasteiger partial charge < -0.3 is 9.52 Å². The molecule has 0 aliphatic heterocycles. The van der Waals surface area contributed by atoms with Crippen molar-refractivity contribution in [2.24, 2.45) is 0 Å². The number of benzene rings is 2. The summed E-state index contributed by atoms with van der Waals surface area (Å²) in [5, 5.41) is 16.5. The third-order valence-electron chi connectivity index (χ3n) is 3.29. The van der Waals surface area contributed by atoms with E-state index in [4.69, 9.17) is 9.52 Å². The van der Waals surface area contributed by atoms with Gasteiger partial charge in [-0.25, -0.2) is 4.79 Å². The molecular formula is C16H12N2O3. The Morgan fingerprint density at radius 3 is 2.43 bits per heavy atom. The van der Waals surface area contributed by atoms with E-state index in [1.54, 1.807) is 24.3 Å². The molecule has 104 valence electrons. The highest BCUT2D eigenvalue weighted by Crippen LogP contribution is 2.28. The minimum absolute atomic E-state index is 0.268. The van der Waals surface area contributed by atoms with Gasteiger partial charge in [-0.2, -0.15) is 0 Å². The molecule has 0 fully saturated rings. The van der Waals surface area contributed by atoms with Crippen molar-refractivity contribution in [3.8, 4) is 22.6 Å². The summed E-state index contributed by atoms with van der Waals surface area (Å²) in [7, 11) is 0. The van der Waals surface area contributed by atoms with Crippen molar-refractivity contribution in [2.75, 3.05) is 0 Å². The number of hydrogen-bond donors (Lipinski definition) is 1. The van der Waals surface area contributed by atoms with E-state index in [9.17, 15) is 4.79 Å². The van der Waals surface area contributed by atoms with Gasteiger partial charge in [0.15, 0.2) is 0 Å². The second-order valence-electron chi connectivity index (χ2n) is 4.66. The minimum atomic E-state index is -0.933. The molecule has 0 saturated carbocycles. The van der Waals surface area contributed by atoms with Crippen LogP contribution in [0.1, 0.15) is 15.9 Å². The third-order valence-corrected chi connectivity index (χ3v) is 3.29. The maximum atomic E-state index is 10.9. The summed E-state index contributed by atoms with van der Waals surface area (Å²) in [6, 6.07) is 12.6. The highest BCUT2D eigenvalue weighted by atomic mass is 16.4. The predicted octanol–water partition coefficient (Wildman–Crippen LogP) is 3.41. The van der Waals surface area contributed by atoms with E-state index in [-0.39, 0.29) is 5.56 Å². The largest absolute Gasteiger partial charge is 0.478 e. The summed E-state index contributed by atoms with van der Waals surface area (Å²) in [5.74, 6) is -0.476. The highest BCUT2D eigenvalue weighted by molar-refractivity contribution is 5.88. The lowest BCUT2D eigenvalue weighted by atomic mass is 9.97. The van der Waals surface area contributed by atoms with Crippen molar-refractivity contribution in [1.82, 2.24) is 10.2 Å². The lowest BCUT2D eigenvalue weighted by Gasteiger charge is -2.08. The molecule has 0 aliphatic rings. The van der Waals surface area contributed by atoms with Crippen LogP contribution in [0.3, 0.4) is 0 Å². The first-order valence-electron chi connectivity index (χ1n) is 6.36. The molecule has 1 N–H and O–H groups in total. The Morgan fingerprint density at radius 2 is 1.81 bits per heavy atom. The average Bonchev–Trinajstić information content (AvgIpc) is 3.02. The number of carboxylic acids is 1. The van der Waals surface area contributed by atoms with Crippen LogP contribution in [0.2, 0.25) is 0 Å². The molecule has 0 amide bonds. The van der Waals surface area contributed by atoms with Crippen LogP contribution in [0.15, 0.2) is 53.3 Å². The van der Waals surface area contributed by atoms with Crippen LogP contribution in [-0.2, 0) is 0 Å². The fourth-order valence-corrected chi connectivity index (χ4v) is 2.16. The molecule has 0 spiro atoms. The van der Waals surface area contributed by atoms with Gasteiger partial charge in [0.05, 0.1) is 5.56 Å². The molecule has 0 aliphatic carbocycles. The summed E-state index contributed by atoms with van der Waals surface area (Å²) < 4.78 is 5.20. The molecule has 0 saturated heterocycles. The van der Waals surface area contributed by atoms with E-state index >= 15 is 0 Å². The van der Waals surface area contributed by atoms with Gasteiger partial charge in [0, 0.05) is 5.56 Å². The Balaban J connectivity index is 2.05. The normalized spacial score (nSPS) is 10.5.